The van der Waals surface area contributed by atoms with E-state index < -0.39 is 0 Å². The standard InChI is InChI=1S/C3HFINS/c4-2-1-6-3(5)7-2/h1H. The molecule has 0 bridgehead atoms. The first-order valence-electron chi connectivity index (χ1n) is 1.56. The predicted molar refractivity (Wildman–Crippen MR) is 34.8 cm³/mol. The second kappa shape index (κ2) is 2.04. The number of hydrogen-bond donors (Lipinski definition) is 0. The molecule has 0 aromatic carbocycles. The molecule has 1 rings (SSSR count). The van der Waals surface area contributed by atoms with Crippen molar-refractivity contribution >= 4 is 33.9 Å². The number of hydrogen-bond acceptors (Lipinski definition) is 2. The van der Waals surface area contributed by atoms with Gasteiger partial charge in [0.1, 0.15) is 0 Å². The molecule has 7 heavy (non-hydrogen) atoms. The highest BCUT2D eigenvalue weighted by Crippen LogP contribution is 2.11. The first-order chi connectivity index (χ1) is 3.29. The maximum absolute atomic E-state index is 11.9. The van der Waals surface area contributed by atoms with E-state index in [4.69, 9.17) is 0 Å². The summed E-state index contributed by atoms with van der Waals surface area (Å²) in [5, 5.41) is -0.218. The molecule has 1 heterocycles. The maximum atomic E-state index is 11.9. The van der Waals surface area contributed by atoms with Gasteiger partial charge in [0, 0.05) is 0 Å². The van der Waals surface area contributed by atoms with Crippen LogP contribution in [0.2, 0.25) is 0 Å². The van der Waals surface area contributed by atoms with Crippen LogP contribution in [0, 0.1) is 8.15 Å². The molecule has 1 aromatic rings. The quantitative estimate of drug-likeness (QED) is 0.619. The monoisotopic (exact) mass is 229 g/mol. The van der Waals surface area contributed by atoms with E-state index in [0.29, 0.717) is 0 Å². The molecule has 0 aliphatic carbocycles. The van der Waals surface area contributed by atoms with Crippen molar-refractivity contribution in [3.8, 4) is 0 Å². The summed E-state index contributed by atoms with van der Waals surface area (Å²) in [4.78, 5) is 3.65. The van der Waals surface area contributed by atoms with Gasteiger partial charge in [0.2, 0.25) is 0 Å². The third-order valence-electron chi connectivity index (χ3n) is 0.449. The number of halogens is 2. The van der Waals surface area contributed by atoms with Crippen LogP contribution in [-0.2, 0) is 0 Å². The molecule has 4 heteroatoms. The zero-order valence-electron chi connectivity index (χ0n) is 3.19. The topological polar surface area (TPSA) is 12.9 Å². The molecule has 0 saturated carbocycles. The fourth-order valence-electron chi connectivity index (χ4n) is 0.235. The molecule has 0 amide bonds. The van der Waals surface area contributed by atoms with Gasteiger partial charge in [0.05, 0.1) is 6.20 Å². The molecule has 0 N–H and O–H groups in total. The second-order valence-electron chi connectivity index (χ2n) is 0.917. The minimum atomic E-state index is -0.218. The average molecular weight is 229 g/mol. The smallest absolute Gasteiger partial charge is 0.197 e. The molecular formula is C3HFINS. The summed E-state index contributed by atoms with van der Waals surface area (Å²) in [5.74, 6) is 0. The molecule has 0 atom stereocenters. The average Bonchev–Trinajstić information content (AvgIpc) is 1.87. The Morgan fingerprint density at radius 3 is 2.71 bits per heavy atom. The molecule has 38 valence electrons. The molecule has 1 aromatic heterocycles. The molecule has 0 fully saturated rings. The van der Waals surface area contributed by atoms with E-state index in [0.717, 1.165) is 14.4 Å². The van der Waals surface area contributed by atoms with Crippen LogP contribution in [0.25, 0.3) is 0 Å². The van der Waals surface area contributed by atoms with Gasteiger partial charge in [-0.25, -0.2) is 4.98 Å². The van der Waals surface area contributed by atoms with Crippen molar-refractivity contribution < 1.29 is 4.39 Å². The predicted octanol–water partition coefficient (Wildman–Crippen LogP) is 1.89. The molecule has 0 unspecified atom stereocenters. The molecule has 0 spiro atoms. The Hall–Kier alpha value is 0.290. The Kier molecular flexibility index (Phi) is 1.58. The first kappa shape index (κ1) is 5.43. The van der Waals surface area contributed by atoms with Crippen molar-refractivity contribution in [1.82, 2.24) is 4.98 Å². The Bertz CT molecular complexity index is 147. The van der Waals surface area contributed by atoms with Gasteiger partial charge in [-0.05, 0) is 22.6 Å². The van der Waals surface area contributed by atoms with Crippen molar-refractivity contribution in [3.05, 3.63) is 14.3 Å². The zero-order valence-corrected chi connectivity index (χ0v) is 6.16. The minimum Gasteiger partial charge on any atom is -0.235 e. The van der Waals surface area contributed by atoms with Crippen LogP contribution in [0.15, 0.2) is 6.20 Å². The highest BCUT2D eigenvalue weighted by Gasteiger charge is 1.92. The summed E-state index contributed by atoms with van der Waals surface area (Å²) >= 11 is 3.02. The lowest BCUT2D eigenvalue weighted by molar-refractivity contribution is 0.653. The summed E-state index contributed by atoms with van der Waals surface area (Å²) < 4.78 is 12.6. The van der Waals surface area contributed by atoms with Gasteiger partial charge in [-0.1, -0.05) is 11.3 Å². The highest BCUT2D eigenvalue weighted by molar-refractivity contribution is 14.1. The van der Waals surface area contributed by atoms with Crippen molar-refractivity contribution in [1.29, 1.82) is 0 Å². The van der Waals surface area contributed by atoms with Crippen LogP contribution in [0.4, 0.5) is 4.39 Å². The SMILES string of the molecule is Fc1cnc(I)s1. The lowest BCUT2D eigenvalue weighted by Crippen LogP contribution is -1.55. The lowest BCUT2D eigenvalue weighted by Gasteiger charge is -1.63. The van der Waals surface area contributed by atoms with Crippen LogP contribution in [0.5, 0.6) is 0 Å². The van der Waals surface area contributed by atoms with Gasteiger partial charge < -0.3 is 0 Å². The molecule has 0 aliphatic heterocycles. The largest absolute Gasteiger partial charge is 0.235 e. The number of aromatic nitrogens is 1. The van der Waals surface area contributed by atoms with E-state index in [1.54, 1.807) is 0 Å². The first-order valence-corrected chi connectivity index (χ1v) is 3.45. The van der Waals surface area contributed by atoms with Crippen LogP contribution in [0.3, 0.4) is 0 Å². The van der Waals surface area contributed by atoms with E-state index in [1.165, 1.54) is 6.20 Å². The van der Waals surface area contributed by atoms with Crippen molar-refractivity contribution in [2.75, 3.05) is 0 Å². The van der Waals surface area contributed by atoms with E-state index in [2.05, 4.69) is 4.98 Å². The fraction of sp³-hybridized carbons (Fsp3) is 0. The fourth-order valence-corrected chi connectivity index (χ4v) is 1.38. The van der Waals surface area contributed by atoms with Crippen LogP contribution >= 0.6 is 33.9 Å². The Morgan fingerprint density at radius 1 is 1.86 bits per heavy atom. The highest BCUT2D eigenvalue weighted by atomic mass is 127. The molecular weight excluding hydrogens is 228 g/mol. The van der Waals surface area contributed by atoms with Gasteiger partial charge >= 0.3 is 0 Å². The van der Waals surface area contributed by atoms with Gasteiger partial charge in [-0.3, -0.25) is 0 Å². The summed E-state index contributed by atoms with van der Waals surface area (Å²) in [6.07, 6.45) is 1.21. The number of rotatable bonds is 0. The van der Waals surface area contributed by atoms with Gasteiger partial charge in [-0.15, -0.1) is 0 Å². The lowest BCUT2D eigenvalue weighted by atomic mass is 11.0. The minimum absolute atomic E-state index is 0.218. The van der Waals surface area contributed by atoms with Crippen LogP contribution in [-0.4, -0.2) is 4.98 Å². The molecule has 0 saturated heterocycles. The summed E-state index contributed by atoms with van der Waals surface area (Å²) in [6.45, 7) is 0. The molecule has 0 radical (unpaired) electrons. The van der Waals surface area contributed by atoms with E-state index in [9.17, 15) is 4.39 Å². The Balaban J connectivity index is 3.04. The normalized spacial score (nSPS) is 9.43. The van der Waals surface area contributed by atoms with Crippen LogP contribution in [0.1, 0.15) is 0 Å². The van der Waals surface area contributed by atoms with Crippen molar-refractivity contribution in [2.45, 2.75) is 0 Å². The van der Waals surface area contributed by atoms with Crippen molar-refractivity contribution in [2.24, 2.45) is 0 Å². The number of thiazole rings is 1. The summed E-state index contributed by atoms with van der Waals surface area (Å²) in [5.41, 5.74) is 0. The Morgan fingerprint density at radius 2 is 2.57 bits per heavy atom. The van der Waals surface area contributed by atoms with Gasteiger partial charge in [-0.2, -0.15) is 4.39 Å². The molecule has 1 nitrogen and oxygen atoms in total. The van der Waals surface area contributed by atoms with Gasteiger partial charge in [0.25, 0.3) is 0 Å². The summed E-state index contributed by atoms with van der Waals surface area (Å²) in [6, 6.07) is 0. The van der Waals surface area contributed by atoms with E-state index >= 15 is 0 Å². The third kappa shape index (κ3) is 1.34. The third-order valence-corrected chi connectivity index (χ3v) is 1.96. The van der Waals surface area contributed by atoms with E-state index in [1.807, 2.05) is 22.6 Å². The Labute approximate surface area is 57.7 Å². The van der Waals surface area contributed by atoms with Gasteiger partial charge in [0.15, 0.2) is 8.15 Å². The van der Waals surface area contributed by atoms with Crippen LogP contribution < -0.4 is 0 Å². The van der Waals surface area contributed by atoms with Crippen molar-refractivity contribution in [3.63, 3.8) is 0 Å². The summed E-state index contributed by atoms with van der Waals surface area (Å²) in [7, 11) is 0. The second-order valence-corrected chi connectivity index (χ2v) is 3.65. The molecule has 0 aliphatic rings. The van der Waals surface area contributed by atoms with E-state index in [-0.39, 0.29) is 5.13 Å². The maximum Gasteiger partial charge on any atom is 0.197 e. The zero-order chi connectivity index (χ0) is 5.28. The number of nitrogens with zero attached hydrogens (tertiary/aromatic N) is 1.